The zero-order valence-corrected chi connectivity index (χ0v) is 28.1. The molecule has 4 heterocycles. The number of aliphatic hydroxyl groups is 1. The molecule has 1 aromatic carbocycles. The first kappa shape index (κ1) is 33.4. The molecule has 1 N–H and O–H groups in total. The number of amides is 1. The lowest BCUT2D eigenvalue weighted by Gasteiger charge is -2.24. The average Bonchev–Trinajstić information content (AvgIpc) is 3.67. The molecule has 12 heteroatoms. The molecule has 246 valence electrons. The second kappa shape index (κ2) is 13.8. The Labute approximate surface area is 277 Å². The Morgan fingerprint density at radius 3 is 2.57 bits per heavy atom. The number of carbonyl (C=O) groups excluding carboxylic acids is 3. The first-order valence-electron chi connectivity index (χ1n) is 15.4. The summed E-state index contributed by atoms with van der Waals surface area (Å²) in [4.78, 5) is 51.1. The Kier molecular flexibility index (Phi) is 9.80. The van der Waals surface area contributed by atoms with Gasteiger partial charge in [0.2, 0.25) is 0 Å². The standard InChI is InChI=1S/C35H38N4O7S/c1-8-16-46-34(43)31-21(6)36-35(47-31)39-28(23-12-13-24(25(18-23)44-9-2)45-17-14-19(3)4)26(30(41)33(39)42)29(40)27-22(7)38-15-10-11-20(5)32(38)37-27/h8,10-13,15,18-19,28,40H,1,9,14,16-17H2,2-7H3/b29-26+. The van der Waals surface area contributed by atoms with Gasteiger partial charge in [0.1, 0.15) is 22.8 Å². The van der Waals surface area contributed by atoms with Gasteiger partial charge in [0.25, 0.3) is 5.78 Å². The minimum Gasteiger partial charge on any atom is -0.505 e. The largest absolute Gasteiger partial charge is 0.505 e. The normalized spacial score (nSPS) is 15.9. The Balaban J connectivity index is 1.70. The van der Waals surface area contributed by atoms with E-state index in [1.807, 2.05) is 36.6 Å². The molecule has 0 aliphatic carbocycles. The van der Waals surface area contributed by atoms with Crippen LogP contribution in [0.25, 0.3) is 11.4 Å². The molecule has 0 spiro atoms. The number of benzene rings is 1. The summed E-state index contributed by atoms with van der Waals surface area (Å²) >= 11 is 0.922. The van der Waals surface area contributed by atoms with Crippen LogP contribution in [0, 0.1) is 26.7 Å². The van der Waals surface area contributed by atoms with Gasteiger partial charge in [-0.25, -0.2) is 14.8 Å². The van der Waals surface area contributed by atoms with E-state index in [0.29, 0.717) is 53.2 Å². The summed E-state index contributed by atoms with van der Waals surface area (Å²) in [7, 11) is 0. The van der Waals surface area contributed by atoms with E-state index in [1.54, 1.807) is 32.0 Å². The van der Waals surface area contributed by atoms with E-state index in [0.717, 1.165) is 23.3 Å². The Morgan fingerprint density at radius 1 is 1.13 bits per heavy atom. The van der Waals surface area contributed by atoms with Crippen molar-refractivity contribution in [2.45, 2.75) is 54.0 Å². The Hall–Kier alpha value is -4.97. The lowest BCUT2D eigenvalue weighted by molar-refractivity contribution is -0.132. The summed E-state index contributed by atoms with van der Waals surface area (Å²) in [5.74, 6) is -1.51. The lowest BCUT2D eigenvalue weighted by Crippen LogP contribution is -2.29. The fourth-order valence-corrected chi connectivity index (χ4v) is 6.37. The highest BCUT2D eigenvalue weighted by molar-refractivity contribution is 7.17. The minimum atomic E-state index is -1.13. The zero-order valence-electron chi connectivity index (χ0n) is 27.3. The van der Waals surface area contributed by atoms with Crippen molar-refractivity contribution in [3.8, 4) is 11.5 Å². The monoisotopic (exact) mass is 658 g/mol. The van der Waals surface area contributed by atoms with Crippen LogP contribution < -0.4 is 14.4 Å². The van der Waals surface area contributed by atoms with E-state index < -0.39 is 29.5 Å². The Bertz CT molecular complexity index is 1900. The number of aryl methyl sites for hydroxylation is 3. The van der Waals surface area contributed by atoms with E-state index in [4.69, 9.17) is 14.2 Å². The minimum absolute atomic E-state index is 0.000345. The van der Waals surface area contributed by atoms with Crippen molar-refractivity contribution in [3.63, 3.8) is 0 Å². The van der Waals surface area contributed by atoms with Crippen LogP contribution in [0.2, 0.25) is 0 Å². The van der Waals surface area contributed by atoms with Crippen molar-refractivity contribution in [1.82, 2.24) is 14.4 Å². The SMILES string of the molecule is C=CCOC(=O)c1sc(N2C(=O)C(=O)/C(=C(/O)c3nc4c(C)cccn4c3C)C2c2ccc(OCCC(C)C)c(OCC)c2)nc1C. The number of Topliss-reactive ketones (excluding diaryl/α,β-unsaturated/α-hetero) is 1. The van der Waals surface area contributed by atoms with Gasteiger partial charge in [0.15, 0.2) is 22.4 Å². The van der Waals surface area contributed by atoms with Crippen molar-refractivity contribution < 1.29 is 33.7 Å². The molecular weight excluding hydrogens is 620 g/mol. The highest BCUT2D eigenvalue weighted by atomic mass is 32.1. The van der Waals surface area contributed by atoms with Crippen molar-refractivity contribution in [2.75, 3.05) is 24.7 Å². The molecule has 5 rings (SSSR count). The van der Waals surface area contributed by atoms with Gasteiger partial charge < -0.3 is 23.7 Å². The average molecular weight is 659 g/mol. The molecule has 1 saturated heterocycles. The fourth-order valence-electron chi connectivity index (χ4n) is 5.38. The second-order valence-electron chi connectivity index (χ2n) is 11.6. The summed E-state index contributed by atoms with van der Waals surface area (Å²) in [6.45, 7) is 15.7. The molecule has 1 fully saturated rings. The molecule has 0 radical (unpaired) electrons. The van der Waals surface area contributed by atoms with Crippen LogP contribution in [0.1, 0.15) is 71.1 Å². The molecule has 0 bridgehead atoms. The number of rotatable bonds is 12. The van der Waals surface area contributed by atoms with Gasteiger partial charge in [-0.05, 0) is 69.4 Å². The third kappa shape index (κ3) is 6.37. The number of esters is 1. The number of hydrogen-bond donors (Lipinski definition) is 1. The third-order valence-corrected chi connectivity index (χ3v) is 8.93. The summed E-state index contributed by atoms with van der Waals surface area (Å²) in [5.41, 5.74) is 2.87. The van der Waals surface area contributed by atoms with Crippen molar-refractivity contribution >= 4 is 45.5 Å². The zero-order chi connectivity index (χ0) is 34.0. The van der Waals surface area contributed by atoms with Crippen LogP contribution in [0.5, 0.6) is 11.5 Å². The number of thiazole rings is 1. The van der Waals surface area contributed by atoms with E-state index in [9.17, 15) is 19.5 Å². The van der Waals surface area contributed by atoms with E-state index in [2.05, 4.69) is 30.4 Å². The highest BCUT2D eigenvalue weighted by Crippen LogP contribution is 2.46. The number of ketones is 1. The van der Waals surface area contributed by atoms with Crippen LogP contribution >= 0.6 is 11.3 Å². The predicted molar refractivity (Wildman–Crippen MR) is 179 cm³/mol. The highest BCUT2D eigenvalue weighted by Gasteiger charge is 2.49. The maximum absolute atomic E-state index is 13.9. The molecule has 1 atom stereocenters. The number of imidazole rings is 1. The van der Waals surface area contributed by atoms with Crippen LogP contribution in [0.4, 0.5) is 5.13 Å². The number of fused-ring (bicyclic) bond motifs is 1. The van der Waals surface area contributed by atoms with Gasteiger partial charge in [-0.1, -0.05) is 50.0 Å². The number of aliphatic hydroxyl groups excluding tert-OH is 1. The fraction of sp³-hybridized carbons (Fsp3) is 0.343. The quantitative estimate of drug-likeness (QED) is 0.0595. The third-order valence-electron chi connectivity index (χ3n) is 7.80. The number of hydrogen-bond acceptors (Lipinski definition) is 10. The van der Waals surface area contributed by atoms with E-state index in [-0.39, 0.29) is 27.9 Å². The summed E-state index contributed by atoms with van der Waals surface area (Å²) < 4.78 is 19.0. The van der Waals surface area contributed by atoms with E-state index >= 15 is 0 Å². The van der Waals surface area contributed by atoms with Crippen LogP contribution in [-0.4, -0.2) is 57.0 Å². The summed E-state index contributed by atoms with van der Waals surface area (Å²) in [5, 5.41) is 12.0. The molecule has 11 nitrogen and oxygen atoms in total. The smallest absolute Gasteiger partial charge is 0.350 e. The maximum atomic E-state index is 13.9. The lowest BCUT2D eigenvalue weighted by atomic mass is 9.96. The molecule has 1 amide bonds. The number of aromatic nitrogens is 3. The summed E-state index contributed by atoms with van der Waals surface area (Å²) in [6.07, 6.45) is 4.10. The number of nitrogens with zero attached hydrogens (tertiary/aromatic N) is 4. The number of ether oxygens (including phenoxy) is 3. The van der Waals surface area contributed by atoms with Gasteiger partial charge >= 0.3 is 11.9 Å². The van der Waals surface area contributed by atoms with Crippen molar-refractivity contribution in [3.05, 3.63) is 87.8 Å². The van der Waals surface area contributed by atoms with Gasteiger partial charge in [-0.2, -0.15) is 0 Å². The second-order valence-corrected chi connectivity index (χ2v) is 12.5. The molecule has 1 unspecified atom stereocenters. The van der Waals surface area contributed by atoms with Crippen molar-refractivity contribution in [2.24, 2.45) is 5.92 Å². The first-order chi connectivity index (χ1) is 22.5. The molecule has 0 saturated carbocycles. The van der Waals surface area contributed by atoms with Crippen LogP contribution in [0.3, 0.4) is 0 Å². The number of pyridine rings is 1. The van der Waals surface area contributed by atoms with Gasteiger partial charge in [-0.15, -0.1) is 0 Å². The van der Waals surface area contributed by atoms with Gasteiger partial charge in [0.05, 0.1) is 36.2 Å². The van der Waals surface area contributed by atoms with Crippen LogP contribution in [0.15, 0.2) is 54.8 Å². The number of anilines is 1. The van der Waals surface area contributed by atoms with Crippen molar-refractivity contribution in [1.29, 1.82) is 0 Å². The molecule has 1 aliphatic heterocycles. The molecule has 3 aromatic heterocycles. The molecule has 1 aliphatic rings. The Morgan fingerprint density at radius 2 is 1.89 bits per heavy atom. The molecule has 47 heavy (non-hydrogen) atoms. The topological polar surface area (TPSA) is 133 Å². The van der Waals surface area contributed by atoms with E-state index in [1.165, 1.54) is 11.0 Å². The first-order valence-corrected chi connectivity index (χ1v) is 16.2. The number of carbonyl (C=O) groups is 3. The van der Waals surface area contributed by atoms with Crippen LogP contribution in [-0.2, 0) is 14.3 Å². The predicted octanol–water partition coefficient (Wildman–Crippen LogP) is 6.51. The van der Waals surface area contributed by atoms with Gasteiger partial charge in [0, 0.05) is 6.20 Å². The van der Waals surface area contributed by atoms with Gasteiger partial charge in [-0.3, -0.25) is 14.5 Å². The molecular formula is C35H38N4O7S. The molecule has 4 aromatic rings. The maximum Gasteiger partial charge on any atom is 0.350 e. The summed E-state index contributed by atoms with van der Waals surface area (Å²) in [6, 6.07) is 7.78.